The first-order valence-corrected chi connectivity index (χ1v) is 10.2. The third kappa shape index (κ3) is 3.46. The third-order valence-corrected chi connectivity index (χ3v) is 6.14. The lowest BCUT2D eigenvalue weighted by Crippen LogP contribution is -2.34. The first kappa shape index (κ1) is 18.8. The second kappa shape index (κ2) is 7.47. The van der Waals surface area contributed by atoms with E-state index in [1.165, 1.54) is 11.3 Å². The summed E-state index contributed by atoms with van der Waals surface area (Å²) in [6, 6.07) is 15.1. The molecule has 0 radical (unpaired) electrons. The van der Waals surface area contributed by atoms with Crippen molar-refractivity contribution in [3.63, 3.8) is 0 Å². The molecule has 0 aliphatic rings. The highest BCUT2D eigenvalue weighted by Crippen LogP contribution is 2.31. The molecule has 7 heteroatoms. The van der Waals surface area contributed by atoms with Gasteiger partial charge in [0.25, 0.3) is 5.91 Å². The number of halogens is 1. The number of anilines is 1. The predicted molar refractivity (Wildman–Crippen MR) is 122 cm³/mol. The number of nitrogens with one attached hydrogen (secondary N) is 2. The summed E-state index contributed by atoms with van der Waals surface area (Å²) in [7, 11) is 0. The van der Waals surface area contributed by atoms with Gasteiger partial charge in [-0.05, 0) is 54.7 Å². The van der Waals surface area contributed by atoms with Crippen LogP contribution in [0, 0.1) is 13.8 Å². The number of aryl methyl sites for hydroxylation is 2. The zero-order chi connectivity index (χ0) is 19.8. The Hall–Kier alpha value is -2.54. The van der Waals surface area contributed by atoms with Gasteiger partial charge in [0.2, 0.25) is 0 Å². The minimum Gasteiger partial charge on any atom is -0.308 e. The molecule has 0 spiro atoms. The molecular weight excluding hydrogens is 410 g/mol. The quantitative estimate of drug-likeness (QED) is 0.396. The van der Waals surface area contributed by atoms with Crippen molar-refractivity contribution >= 4 is 72.3 Å². The zero-order valence-corrected chi connectivity index (χ0v) is 17.6. The van der Waals surface area contributed by atoms with E-state index >= 15 is 0 Å². The summed E-state index contributed by atoms with van der Waals surface area (Å²) >= 11 is 13.1. The molecule has 4 aromatic rings. The number of nitrogens with zero attached hydrogens (tertiary/aromatic N) is 1. The van der Waals surface area contributed by atoms with Gasteiger partial charge >= 0.3 is 0 Å². The molecule has 0 unspecified atom stereocenters. The number of hydrogen-bond acceptors (Lipinski definition) is 4. The van der Waals surface area contributed by atoms with Crippen LogP contribution < -0.4 is 10.6 Å². The second-order valence-corrected chi connectivity index (χ2v) is 8.26. The van der Waals surface area contributed by atoms with Crippen LogP contribution in [0.5, 0.6) is 0 Å². The normalized spacial score (nSPS) is 11.0. The van der Waals surface area contributed by atoms with Crippen molar-refractivity contribution in [2.24, 2.45) is 0 Å². The summed E-state index contributed by atoms with van der Waals surface area (Å²) in [4.78, 5) is 17.4. The Morgan fingerprint density at radius 2 is 1.75 bits per heavy atom. The summed E-state index contributed by atoms with van der Waals surface area (Å²) in [5.74, 6) is -0.293. The molecule has 0 bridgehead atoms. The molecule has 2 N–H and O–H groups in total. The van der Waals surface area contributed by atoms with Crippen LogP contribution in [0.15, 0.2) is 48.5 Å². The smallest absolute Gasteiger partial charge is 0.258 e. The molecule has 0 atom stereocenters. The predicted octanol–water partition coefficient (Wildman–Crippen LogP) is 5.85. The topological polar surface area (TPSA) is 54.0 Å². The van der Waals surface area contributed by atoms with Gasteiger partial charge in [-0.25, -0.2) is 4.98 Å². The molecule has 4 nitrogen and oxygen atoms in total. The fraction of sp³-hybridized carbons (Fsp3) is 0.0952. The number of thiazole rings is 1. The van der Waals surface area contributed by atoms with Crippen molar-refractivity contribution in [2.45, 2.75) is 13.8 Å². The van der Waals surface area contributed by atoms with Crippen LogP contribution in [0.4, 0.5) is 5.13 Å². The number of hydrogen-bond donors (Lipinski definition) is 2. The first-order valence-electron chi connectivity index (χ1n) is 8.60. The first-order chi connectivity index (χ1) is 13.4. The van der Waals surface area contributed by atoms with Crippen LogP contribution in [0.3, 0.4) is 0 Å². The molecule has 1 amide bonds. The lowest BCUT2D eigenvalue weighted by Gasteiger charge is -2.10. The van der Waals surface area contributed by atoms with Crippen LogP contribution >= 0.6 is 35.2 Å². The molecule has 4 rings (SSSR count). The van der Waals surface area contributed by atoms with Gasteiger partial charge in [-0.3, -0.25) is 10.1 Å². The SMILES string of the molecule is Cc1ccc(C)c2sc(NC(=S)NC(=O)c3cccc4c(Cl)cccc34)nc12. The van der Waals surface area contributed by atoms with E-state index < -0.39 is 0 Å². The molecule has 0 saturated carbocycles. The molecule has 140 valence electrons. The number of carbonyl (C=O) groups excluding carboxylic acids is 1. The summed E-state index contributed by atoms with van der Waals surface area (Å²) in [6.07, 6.45) is 0. The van der Waals surface area contributed by atoms with Crippen LogP contribution in [0.2, 0.25) is 5.02 Å². The molecule has 1 aromatic heterocycles. The largest absolute Gasteiger partial charge is 0.308 e. The van der Waals surface area contributed by atoms with Gasteiger partial charge in [0, 0.05) is 16.0 Å². The second-order valence-electron chi connectivity index (χ2n) is 6.44. The molecule has 0 saturated heterocycles. The Morgan fingerprint density at radius 1 is 1.04 bits per heavy atom. The van der Waals surface area contributed by atoms with Gasteiger partial charge in [0.15, 0.2) is 10.2 Å². The number of benzene rings is 3. The minimum atomic E-state index is -0.293. The molecule has 0 aliphatic heterocycles. The fourth-order valence-electron chi connectivity index (χ4n) is 3.08. The Balaban J connectivity index is 1.56. The number of rotatable bonds is 2. The zero-order valence-electron chi connectivity index (χ0n) is 15.2. The van der Waals surface area contributed by atoms with E-state index in [0.717, 1.165) is 32.1 Å². The van der Waals surface area contributed by atoms with Crippen molar-refractivity contribution < 1.29 is 4.79 Å². The van der Waals surface area contributed by atoms with E-state index in [-0.39, 0.29) is 11.0 Å². The number of fused-ring (bicyclic) bond motifs is 2. The Labute approximate surface area is 176 Å². The third-order valence-electron chi connectivity index (χ3n) is 4.50. The summed E-state index contributed by atoms with van der Waals surface area (Å²) in [5.41, 5.74) is 3.73. The Kier molecular flexibility index (Phi) is 5.02. The van der Waals surface area contributed by atoms with Crippen LogP contribution in [-0.2, 0) is 0 Å². The lowest BCUT2D eigenvalue weighted by molar-refractivity contribution is 0.0979. The van der Waals surface area contributed by atoms with E-state index in [2.05, 4.69) is 28.6 Å². The van der Waals surface area contributed by atoms with E-state index in [4.69, 9.17) is 23.8 Å². The minimum absolute atomic E-state index is 0.207. The standard InChI is InChI=1S/C21H16ClN3OS2/c1-11-9-10-12(2)18-17(11)23-21(28-18)25-20(27)24-19(26)15-7-3-6-14-13(15)5-4-8-16(14)22/h3-10H,1-2H3,(H2,23,24,25,26,27). The Morgan fingerprint density at radius 3 is 2.54 bits per heavy atom. The average molecular weight is 426 g/mol. The maximum Gasteiger partial charge on any atom is 0.258 e. The molecule has 0 fully saturated rings. The molecular formula is C21H16ClN3OS2. The number of thiocarbonyl (C=S) groups is 1. The fourth-order valence-corrected chi connectivity index (χ4v) is 4.59. The van der Waals surface area contributed by atoms with Gasteiger partial charge in [0.05, 0.1) is 10.2 Å². The van der Waals surface area contributed by atoms with Gasteiger partial charge in [0.1, 0.15) is 0 Å². The Bertz CT molecular complexity index is 1210. The summed E-state index contributed by atoms with van der Waals surface area (Å²) in [5, 5.41) is 8.83. The maximum absolute atomic E-state index is 12.8. The van der Waals surface area contributed by atoms with Crippen LogP contribution in [-0.4, -0.2) is 16.0 Å². The van der Waals surface area contributed by atoms with Crippen LogP contribution in [0.25, 0.3) is 21.0 Å². The van der Waals surface area contributed by atoms with Gasteiger partial charge in [-0.15, -0.1) is 0 Å². The highest BCUT2D eigenvalue weighted by Gasteiger charge is 2.14. The molecule has 28 heavy (non-hydrogen) atoms. The summed E-state index contributed by atoms with van der Waals surface area (Å²) in [6.45, 7) is 4.08. The van der Waals surface area contributed by atoms with E-state index in [1.807, 2.05) is 31.2 Å². The maximum atomic E-state index is 12.8. The van der Waals surface area contributed by atoms with Crippen molar-refractivity contribution in [3.8, 4) is 0 Å². The molecule has 0 aliphatic carbocycles. The lowest BCUT2D eigenvalue weighted by atomic mass is 10.0. The van der Waals surface area contributed by atoms with Gasteiger partial charge in [-0.2, -0.15) is 0 Å². The average Bonchev–Trinajstić information content (AvgIpc) is 3.09. The van der Waals surface area contributed by atoms with E-state index in [0.29, 0.717) is 15.7 Å². The summed E-state index contributed by atoms with van der Waals surface area (Å²) < 4.78 is 1.11. The van der Waals surface area contributed by atoms with Crippen LogP contribution in [0.1, 0.15) is 21.5 Å². The number of aromatic nitrogens is 1. The van der Waals surface area contributed by atoms with E-state index in [9.17, 15) is 4.79 Å². The monoisotopic (exact) mass is 425 g/mol. The molecule has 3 aromatic carbocycles. The molecule has 1 heterocycles. The van der Waals surface area contributed by atoms with Crippen molar-refractivity contribution in [1.29, 1.82) is 0 Å². The van der Waals surface area contributed by atoms with Crippen molar-refractivity contribution in [2.75, 3.05) is 5.32 Å². The van der Waals surface area contributed by atoms with Crippen molar-refractivity contribution in [1.82, 2.24) is 10.3 Å². The van der Waals surface area contributed by atoms with Crippen molar-refractivity contribution in [3.05, 3.63) is 70.2 Å². The highest BCUT2D eigenvalue weighted by molar-refractivity contribution is 7.80. The van der Waals surface area contributed by atoms with Gasteiger partial charge in [-0.1, -0.05) is 59.3 Å². The van der Waals surface area contributed by atoms with E-state index in [1.54, 1.807) is 18.2 Å². The van der Waals surface area contributed by atoms with Gasteiger partial charge < -0.3 is 5.32 Å². The highest BCUT2D eigenvalue weighted by atomic mass is 35.5. The number of amides is 1. The number of carbonyl (C=O) groups is 1.